The molecule has 2 aromatic carbocycles. The lowest BCUT2D eigenvalue weighted by Crippen LogP contribution is -2.60. The van der Waals surface area contributed by atoms with Crippen molar-refractivity contribution in [1.82, 2.24) is 40.6 Å². The first-order valence-corrected chi connectivity index (χ1v) is 10.6. The minimum absolute atomic E-state index is 0.0306. The molecule has 4 heterocycles. The fourth-order valence-electron chi connectivity index (χ4n) is 4.82. The van der Waals surface area contributed by atoms with Gasteiger partial charge in [0.1, 0.15) is 0 Å². The van der Waals surface area contributed by atoms with Crippen LogP contribution in [-0.2, 0) is 11.3 Å². The van der Waals surface area contributed by atoms with Crippen LogP contribution in [0.1, 0.15) is 21.5 Å². The first-order chi connectivity index (χ1) is 16.0. The smallest absolute Gasteiger partial charge is 0.254 e. The Kier molecular flexibility index (Phi) is 4.16. The molecule has 2 aromatic heterocycles. The maximum absolute atomic E-state index is 13.5. The highest BCUT2D eigenvalue weighted by atomic mass is 16.2. The van der Waals surface area contributed by atoms with Crippen molar-refractivity contribution in [3.63, 3.8) is 0 Å². The van der Waals surface area contributed by atoms with Gasteiger partial charge in [-0.05, 0) is 63.9 Å². The molecule has 0 aliphatic carbocycles. The summed E-state index contributed by atoms with van der Waals surface area (Å²) in [7, 11) is 0. The van der Waals surface area contributed by atoms with Gasteiger partial charge in [-0.1, -0.05) is 12.6 Å². The van der Waals surface area contributed by atoms with Gasteiger partial charge in [-0.25, -0.2) is 5.10 Å². The number of nitrogens with zero attached hydrogens (tertiary/aromatic N) is 6. The number of rotatable bonds is 4. The van der Waals surface area contributed by atoms with E-state index in [-0.39, 0.29) is 17.9 Å². The number of carbonyl (C=O) groups excluding carboxylic acids is 2. The second-order valence-electron chi connectivity index (χ2n) is 8.42. The highest BCUT2D eigenvalue weighted by molar-refractivity contribution is 6.04. The first-order valence-electron chi connectivity index (χ1n) is 10.6. The number of aromatic amines is 2. The summed E-state index contributed by atoms with van der Waals surface area (Å²) in [6.07, 6.45) is 3.10. The number of tetrazole rings is 1. The molecule has 0 saturated carbocycles. The first kappa shape index (κ1) is 19.4. The molecule has 10 nitrogen and oxygen atoms in total. The molecule has 2 amide bonds. The molecule has 33 heavy (non-hydrogen) atoms. The molecule has 10 heteroatoms. The lowest BCUT2D eigenvalue weighted by Gasteiger charge is -2.43. The average Bonchev–Trinajstić information content (AvgIpc) is 3.53. The number of hydrogen-bond donors (Lipinski definition) is 2. The number of likely N-dealkylation sites (tertiary alicyclic amines) is 1. The van der Waals surface area contributed by atoms with E-state index in [1.54, 1.807) is 11.1 Å². The number of benzene rings is 2. The van der Waals surface area contributed by atoms with E-state index in [2.05, 4.69) is 37.4 Å². The summed E-state index contributed by atoms with van der Waals surface area (Å²) in [5.74, 6) is 0.347. The Hall–Kier alpha value is -4.34. The van der Waals surface area contributed by atoms with Gasteiger partial charge >= 0.3 is 0 Å². The predicted molar refractivity (Wildman–Crippen MR) is 120 cm³/mol. The van der Waals surface area contributed by atoms with Crippen molar-refractivity contribution in [3.8, 4) is 22.5 Å². The Balaban J connectivity index is 1.46. The molecule has 0 radical (unpaired) electrons. The number of amides is 2. The van der Waals surface area contributed by atoms with E-state index >= 15 is 0 Å². The van der Waals surface area contributed by atoms with Crippen molar-refractivity contribution < 1.29 is 9.59 Å². The van der Waals surface area contributed by atoms with Crippen LogP contribution in [0.2, 0.25) is 0 Å². The van der Waals surface area contributed by atoms with Gasteiger partial charge in [0.2, 0.25) is 5.91 Å². The summed E-state index contributed by atoms with van der Waals surface area (Å²) >= 11 is 0. The molecule has 0 bridgehead atoms. The normalized spacial score (nSPS) is 15.7. The number of aryl methyl sites for hydroxylation is 1. The van der Waals surface area contributed by atoms with Gasteiger partial charge in [0, 0.05) is 36.1 Å². The van der Waals surface area contributed by atoms with Crippen LogP contribution in [-0.4, -0.2) is 71.6 Å². The van der Waals surface area contributed by atoms with E-state index < -0.39 is 0 Å². The highest BCUT2D eigenvalue weighted by Gasteiger charge is 2.41. The van der Waals surface area contributed by atoms with Gasteiger partial charge in [0.05, 0.1) is 17.8 Å². The second kappa shape index (κ2) is 7.09. The van der Waals surface area contributed by atoms with Gasteiger partial charge in [0.15, 0.2) is 5.82 Å². The summed E-state index contributed by atoms with van der Waals surface area (Å²) in [6, 6.07) is 7.98. The van der Waals surface area contributed by atoms with Gasteiger partial charge in [-0.2, -0.15) is 5.10 Å². The molecular formula is C23H20N8O2. The van der Waals surface area contributed by atoms with Crippen LogP contribution in [0.4, 0.5) is 0 Å². The third kappa shape index (κ3) is 2.87. The molecule has 2 aliphatic heterocycles. The topological polar surface area (TPSA) is 124 Å². The Morgan fingerprint density at radius 1 is 1.21 bits per heavy atom. The maximum Gasteiger partial charge on any atom is 0.254 e. The van der Waals surface area contributed by atoms with Crippen molar-refractivity contribution in [2.45, 2.75) is 19.5 Å². The molecule has 0 atom stereocenters. The Morgan fingerprint density at radius 2 is 2.03 bits per heavy atom. The molecule has 6 rings (SSSR count). The van der Waals surface area contributed by atoms with E-state index in [1.807, 2.05) is 36.1 Å². The third-order valence-electron chi connectivity index (χ3n) is 6.58. The number of hydrogen-bond acceptors (Lipinski definition) is 6. The van der Waals surface area contributed by atoms with Crippen molar-refractivity contribution in [2.75, 3.05) is 13.1 Å². The van der Waals surface area contributed by atoms with Gasteiger partial charge in [-0.3, -0.25) is 14.7 Å². The quantitative estimate of drug-likeness (QED) is 0.468. The Morgan fingerprint density at radius 3 is 2.79 bits per heavy atom. The van der Waals surface area contributed by atoms with E-state index in [9.17, 15) is 9.59 Å². The Bertz CT molecular complexity index is 1430. The number of fused-ring (bicyclic) bond motifs is 2. The average molecular weight is 440 g/mol. The van der Waals surface area contributed by atoms with E-state index in [1.165, 1.54) is 6.08 Å². The van der Waals surface area contributed by atoms with Crippen molar-refractivity contribution in [1.29, 1.82) is 0 Å². The van der Waals surface area contributed by atoms with Crippen LogP contribution in [0.5, 0.6) is 0 Å². The van der Waals surface area contributed by atoms with Gasteiger partial charge in [-0.15, -0.1) is 5.10 Å². The zero-order chi connectivity index (χ0) is 22.7. The Labute approximate surface area is 188 Å². The number of aromatic nitrogens is 6. The zero-order valence-corrected chi connectivity index (χ0v) is 17.9. The summed E-state index contributed by atoms with van der Waals surface area (Å²) in [5, 5.41) is 22.6. The third-order valence-corrected chi connectivity index (χ3v) is 6.58. The van der Waals surface area contributed by atoms with Crippen LogP contribution in [0, 0.1) is 6.92 Å². The predicted octanol–water partition coefficient (Wildman–Crippen LogP) is 2.07. The summed E-state index contributed by atoms with van der Waals surface area (Å²) in [5.41, 5.74) is 6.22. The van der Waals surface area contributed by atoms with Crippen molar-refractivity contribution in [2.24, 2.45) is 0 Å². The van der Waals surface area contributed by atoms with Crippen LogP contribution < -0.4 is 0 Å². The van der Waals surface area contributed by atoms with E-state index in [0.717, 1.165) is 38.7 Å². The molecule has 164 valence electrons. The largest absolute Gasteiger partial charge is 0.335 e. The van der Waals surface area contributed by atoms with Gasteiger partial charge in [0.25, 0.3) is 5.91 Å². The minimum Gasteiger partial charge on any atom is -0.335 e. The molecule has 0 spiro atoms. The monoisotopic (exact) mass is 440 g/mol. The standard InChI is InChI=1S/C23H20N8O2/c1-3-20(32)30-9-14(10-30)31-11-18-15(22-26-28-29-27-22)6-13(7-16(18)23(31)33)21-12(2)4-5-19-17(21)8-24-25-19/h3-8,14H,1,9-11H2,2H3,(H,24,25)(H,26,27,28,29). The van der Waals surface area contributed by atoms with Crippen LogP contribution in [0.15, 0.2) is 43.1 Å². The lowest BCUT2D eigenvalue weighted by atomic mass is 9.91. The van der Waals surface area contributed by atoms with Gasteiger partial charge < -0.3 is 9.80 Å². The van der Waals surface area contributed by atoms with Crippen LogP contribution in [0.25, 0.3) is 33.4 Å². The fourth-order valence-corrected chi connectivity index (χ4v) is 4.82. The minimum atomic E-state index is -0.116. The summed E-state index contributed by atoms with van der Waals surface area (Å²) in [4.78, 5) is 28.9. The molecule has 1 saturated heterocycles. The summed E-state index contributed by atoms with van der Waals surface area (Å²) in [6.45, 7) is 7.03. The number of nitrogens with one attached hydrogen (secondary N) is 2. The number of carbonyl (C=O) groups is 2. The number of H-pyrrole nitrogens is 2. The van der Waals surface area contributed by atoms with Crippen molar-refractivity contribution in [3.05, 3.63) is 59.8 Å². The zero-order valence-electron chi connectivity index (χ0n) is 17.9. The maximum atomic E-state index is 13.5. The molecule has 2 N–H and O–H groups in total. The van der Waals surface area contributed by atoms with Crippen LogP contribution in [0.3, 0.4) is 0 Å². The van der Waals surface area contributed by atoms with Crippen LogP contribution >= 0.6 is 0 Å². The molecular weight excluding hydrogens is 420 g/mol. The van der Waals surface area contributed by atoms with E-state index in [4.69, 9.17) is 0 Å². The SMILES string of the molecule is C=CC(=O)N1CC(N2Cc3c(cc(-c4c(C)ccc5[nH]ncc45)cc3-c3nnn[nH]3)C2=O)C1. The highest BCUT2D eigenvalue weighted by Crippen LogP contribution is 2.40. The second-order valence-corrected chi connectivity index (χ2v) is 8.42. The molecule has 0 unspecified atom stereocenters. The lowest BCUT2D eigenvalue weighted by molar-refractivity contribution is -0.132. The summed E-state index contributed by atoms with van der Waals surface area (Å²) < 4.78 is 0. The molecule has 1 fully saturated rings. The van der Waals surface area contributed by atoms with E-state index in [0.29, 0.717) is 31.0 Å². The fraction of sp³-hybridized carbons (Fsp3) is 0.217. The molecule has 2 aliphatic rings. The molecule has 4 aromatic rings. The van der Waals surface area contributed by atoms with Crippen molar-refractivity contribution >= 4 is 22.7 Å².